The van der Waals surface area contributed by atoms with Crippen LogP contribution in [0.5, 0.6) is 0 Å². The number of carbonyl (C=O) groups excluding carboxylic acids is 1. The summed E-state index contributed by atoms with van der Waals surface area (Å²) in [4.78, 5) is 15.1. The van der Waals surface area contributed by atoms with E-state index in [0.29, 0.717) is 6.54 Å². The van der Waals surface area contributed by atoms with Gasteiger partial charge in [-0.1, -0.05) is 42.0 Å². The minimum absolute atomic E-state index is 0.0844. The minimum atomic E-state index is -3.80. The Kier molecular flexibility index (Phi) is 6.72. The molecule has 1 amide bonds. The van der Waals surface area contributed by atoms with Crippen molar-refractivity contribution in [2.75, 3.05) is 33.4 Å². The molecule has 7 heteroatoms. The first-order valence-electron chi connectivity index (χ1n) is 9.77. The van der Waals surface area contributed by atoms with Crippen LogP contribution in [0.15, 0.2) is 53.4 Å². The molecule has 0 fully saturated rings. The van der Waals surface area contributed by atoms with Gasteiger partial charge < -0.3 is 9.64 Å². The summed E-state index contributed by atoms with van der Waals surface area (Å²) in [6.45, 7) is 4.61. The predicted octanol–water partition coefficient (Wildman–Crippen LogP) is 2.78. The maximum absolute atomic E-state index is 13.1. The number of hydrogen-bond acceptors (Lipinski definition) is 4. The molecule has 156 valence electrons. The van der Waals surface area contributed by atoms with Crippen LogP contribution < -0.4 is 0 Å². The maximum atomic E-state index is 13.1. The van der Waals surface area contributed by atoms with Crippen LogP contribution in [0.25, 0.3) is 0 Å². The van der Waals surface area contributed by atoms with Gasteiger partial charge in [-0.15, -0.1) is 0 Å². The lowest BCUT2D eigenvalue weighted by atomic mass is 9.93. The number of amides is 1. The summed E-state index contributed by atoms with van der Waals surface area (Å²) in [5.41, 5.74) is 3.34. The number of nitrogens with zero attached hydrogens (tertiary/aromatic N) is 2. The van der Waals surface area contributed by atoms with Crippen molar-refractivity contribution in [1.29, 1.82) is 0 Å². The zero-order chi connectivity index (χ0) is 21.0. The number of rotatable bonds is 7. The van der Waals surface area contributed by atoms with Crippen LogP contribution in [-0.2, 0) is 26.0 Å². The van der Waals surface area contributed by atoms with Crippen LogP contribution in [0.1, 0.15) is 29.7 Å². The Bertz CT molecular complexity index is 957. The van der Waals surface area contributed by atoms with E-state index in [1.54, 1.807) is 29.2 Å². The summed E-state index contributed by atoms with van der Waals surface area (Å²) in [6.07, 6.45) is 0.773. The van der Waals surface area contributed by atoms with Gasteiger partial charge in [0.2, 0.25) is 15.9 Å². The van der Waals surface area contributed by atoms with Gasteiger partial charge in [-0.2, -0.15) is 4.31 Å². The van der Waals surface area contributed by atoms with E-state index < -0.39 is 10.0 Å². The number of hydrogen-bond donors (Lipinski definition) is 0. The lowest BCUT2D eigenvalue weighted by Crippen LogP contribution is -2.46. The van der Waals surface area contributed by atoms with E-state index in [1.165, 1.54) is 17.0 Å². The molecule has 0 saturated carbocycles. The van der Waals surface area contributed by atoms with Gasteiger partial charge in [-0.05, 0) is 43.5 Å². The molecule has 1 aliphatic heterocycles. The molecule has 1 unspecified atom stereocenters. The molecule has 0 aromatic heterocycles. The molecule has 29 heavy (non-hydrogen) atoms. The van der Waals surface area contributed by atoms with Crippen LogP contribution in [0.4, 0.5) is 0 Å². The summed E-state index contributed by atoms with van der Waals surface area (Å²) in [5, 5.41) is 0. The van der Waals surface area contributed by atoms with Crippen LogP contribution in [0, 0.1) is 6.92 Å². The van der Waals surface area contributed by atoms with Gasteiger partial charge in [0.15, 0.2) is 0 Å². The molecule has 3 rings (SSSR count). The van der Waals surface area contributed by atoms with Crippen molar-refractivity contribution in [3.05, 3.63) is 65.2 Å². The van der Waals surface area contributed by atoms with E-state index in [9.17, 15) is 13.2 Å². The van der Waals surface area contributed by atoms with Crippen molar-refractivity contribution in [3.63, 3.8) is 0 Å². The number of carbonyl (C=O) groups is 1. The normalized spacial score (nSPS) is 16.7. The smallest absolute Gasteiger partial charge is 0.243 e. The number of methoxy groups -OCH3 is 1. The zero-order valence-electron chi connectivity index (χ0n) is 17.2. The second kappa shape index (κ2) is 9.07. The topological polar surface area (TPSA) is 66.9 Å². The van der Waals surface area contributed by atoms with Crippen molar-refractivity contribution < 1.29 is 17.9 Å². The van der Waals surface area contributed by atoms with Gasteiger partial charge in [0.1, 0.15) is 0 Å². The van der Waals surface area contributed by atoms with E-state index in [4.69, 9.17) is 4.74 Å². The monoisotopic (exact) mass is 416 g/mol. The molecule has 6 nitrogen and oxygen atoms in total. The van der Waals surface area contributed by atoms with Gasteiger partial charge >= 0.3 is 0 Å². The first kappa shape index (κ1) is 21.5. The standard InChI is InChI=1S/C22H28N2O4S/c1-17-8-10-20(11-9-17)29(26,27)23(14-15-28-3)16-22(25)24-13-12-19-6-4-5-7-21(19)18(24)2/h4-11,18H,12-16H2,1-3H3. The Hall–Kier alpha value is -2.22. The Morgan fingerprint density at radius 2 is 1.86 bits per heavy atom. The first-order chi connectivity index (χ1) is 13.8. The lowest BCUT2D eigenvalue weighted by molar-refractivity contribution is -0.134. The molecule has 1 aliphatic rings. The third-order valence-corrected chi connectivity index (χ3v) is 7.29. The molecule has 0 spiro atoms. The fraction of sp³-hybridized carbons (Fsp3) is 0.409. The fourth-order valence-corrected chi connectivity index (χ4v) is 5.06. The number of ether oxygens (including phenoxy) is 1. The summed E-state index contributed by atoms with van der Waals surface area (Å²) >= 11 is 0. The van der Waals surface area contributed by atoms with E-state index in [2.05, 4.69) is 6.07 Å². The summed E-state index contributed by atoms with van der Waals surface area (Å²) in [7, 11) is -2.28. The first-order valence-corrected chi connectivity index (χ1v) is 11.2. The van der Waals surface area contributed by atoms with Gasteiger partial charge in [0, 0.05) is 20.2 Å². The Morgan fingerprint density at radius 3 is 2.55 bits per heavy atom. The molecule has 2 aromatic rings. The molecule has 0 aliphatic carbocycles. The third-order valence-electron chi connectivity index (χ3n) is 5.43. The second-order valence-corrected chi connectivity index (χ2v) is 9.29. The molecule has 1 atom stereocenters. The summed E-state index contributed by atoms with van der Waals surface area (Å²) in [5.74, 6) is -0.196. The largest absolute Gasteiger partial charge is 0.383 e. The quantitative estimate of drug-likeness (QED) is 0.696. The lowest BCUT2D eigenvalue weighted by Gasteiger charge is -2.36. The van der Waals surface area contributed by atoms with Crippen LogP contribution in [-0.4, -0.2) is 56.9 Å². The highest BCUT2D eigenvalue weighted by Gasteiger charge is 2.32. The molecule has 0 bridgehead atoms. The van der Waals surface area contributed by atoms with E-state index in [-0.39, 0.29) is 36.5 Å². The molecule has 0 N–H and O–H groups in total. The van der Waals surface area contributed by atoms with Crippen LogP contribution >= 0.6 is 0 Å². The van der Waals surface area contributed by atoms with Crippen LogP contribution in [0.2, 0.25) is 0 Å². The number of sulfonamides is 1. The molecule has 2 aromatic carbocycles. The number of fused-ring (bicyclic) bond motifs is 1. The van der Waals surface area contributed by atoms with E-state index >= 15 is 0 Å². The van der Waals surface area contributed by atoms with Crippen molar-refractivity contribution in [3.8, 4) is 0 Å². The summed E-state index contributed by atoms with van der Waals surface area (Å²) < 4.78 is 32.6. The van der Waals surface area contributed by atoms with Gasteiger partial charge in [-0.25, -0.2) is 8.42 Å². The number of aryl methyl sites for hydroxylation is 1. The van der Waals surface area contributed by atoms with Crippen molar-refractivity contribution in [2.45, 2.75) is 31.2 Å². The van der Waals surface area contributed by atoms with E-state index in [0.717, 1.165) is 17.5 Å². The van der Waals surface area contributed by atoms with Gasteiger partial charge in [0.05, 0.1) is 24.1 Å². The highest BCUT2D eigenvalue weighted by Crippen LogP contribution is 2.29. The average Bonchev–Trinajstić information content (AvgIpc) is 2.71. The SMILES string of the molecule is COCCN(CC(=O)N1CCc2ccccc2C1C)S(=O)(=O)c1ccc(C)cc1. The highest BCUT2D eigenvalue weighted by atomic mass is 32.2. The fourth-order valence-electron chi connectivity index (χ4n) is 3.69. The maximum Gasteiger partial charge on any atom is 0.243 e. The van der Waals surface area contributed by atoms with Gasteiger partial charge in [0.25, 0.3) is 0 Å². The Balaban J connectivity index is 1.81. The van der Waals surface area contributed by atoms with Gasteiger partial charge in [-0.3, -0.25) is 4.79 Å². The predicted molar refractivity (Wildman–Crippen MR) is 112 cm³/mol. The minimum Gasteiger partial charge on any atom is -0.383 e. The molecular formula is C22H28N2O4S. The zero-order valence-corrected chi connectivity index (χ0v) is 18.0. The van der Waals surface area contributed by atoms with E-state index in [1.807, 2.05) is 32.0 Å². The van der Waals surface area contributed by atoms with Crippen molar-refractivity contribution in [2.24, 2.45) is 0 Å². The average molecular weight is 417 g/mol. The molecule has 0 radical (unpaired) electrons. The molecule has 1 heterocycles. The Morgan fingerprint density at radius 1 is 1.17 bits per heavy atom. The second-order valence-electron chi connectivity index (χ2n) is 7.36. The Labute approximate surface area is 173 Å². The van der Waals surface area contributed by atoms with Crippen molar-refractivity contribution >= 4 is 15.9 Å². The highest BCUT2D eigenvalue weighted by molar-refractivity contribution is 7.89. The third kappa shape index (κ3) is 4.69. The van der Waals surface area contributed by atoms with Crippen LogP contribution in [0.3, 0.4) is 0 Å². The van der Waals surface area contributed by atoms with Crippen molar-refractivity contribution in [1.82, 2.24) is 9.21 Å². The summed E-state index contributed by atoms with van der Waals surface area (Å²) in [6, 6.07) is 14.7. The molecular weight excluding hydrogens is 388 g/mol. The number of benzene rings is 2. The molecule has 0 saturated heterocycles.